The second kappa shape index (κ2) is 10.1. The molecule has 0 saturated heterocycles. The molecule has 5 rings (SSSR count). The van der Waals surface area contributed by atoms with Gasteiger partial charge in [0.1, 0.15) is 5.82 Å². The highest BCUT2D eigenvalue weighted by Gasteiger charge is 2.33. The van der Waals surface area contributed by atoms with E-state index in [2.05, 4.69) is 9.97 Å². The molecule has 1 aliphatic carbocycles. The third-order valence-electron chi connectivity index (χ3n) is 7.12. The summed E-state index contributed by atoms with van der Waals surface area (Å²) in [6.45, 7) is 3.75. The molecule has 0 unspecified atom stereocenters. The highest BCUT2D eigenvalue weighted by atomic mass is 32.2. The van der Waals surface area contributed by atoms with Crippen molar-refractivity contribution < 1.29 is 17.9 Å². The molecule has 2 aromatic carbocycles. The summed E-state index contributed by atoms with van der Waals surface area (Å²) in [7, 11) is -4.40. The zero-order chi connectivity index (χ0) is 27.0. The van der Waals surface area contributed by atoms with E-state index in [4.69, 9.17) is 0 Å². The summed E-state index contributed by atoms with van der Waals surface area (Å²) >= 11 is 0. The van der Waals surface area contributed by atoms with Gasteiger partial charge in [-0.15, -0.1) is 0 Å². The van der Waals surface area contributed by atoms with Gasteiger partial charge in [0, 0.05) is 18.2 Å². The number of halogens is 1. The molecule has 0 amide bonds. The SMILES string of the molecule is CCCCc1nc(O)c(S(=O)(=O)c2ccc(-c3cnc(F)cc3C)cc2)c(=O)n1[C@H]1CCc2ccccc21. The molecule has 38 heavy (non-hydrogen) atoms. The zero-order valence-electron chi connectivity index (χ0n) is 21.2. The average molecular weight is 534 g/mol. The lowest BCUT2D eigenvalue weighted by molar-refractivity contribution is 0.408. The van der Waals surface area contributed by atoms with E-state index in [-0.39, 0.29) is 10.9 Å². The minimum atomic E-state index is -4.40. The van der Waals surface area contributed by atoms with Gasteiger partial charge in [0.05, 0.1) is 10.9 Å². The van der Waals surface area contributed by atoms with Gasteiger partial charge in [-0.05, 0) is 66.6 Å². The molecule has 0 spiro atoms. The van der Waals surface area contributed by atoms with Crippen LogP contribution in [0.1, 0.15) is 54.7 Å². The fourth-order valence-corrected chi connectivity index (χ4v) is 6.52. The van der Waals surface area contributed by atoms with Crippen LogP contribution in [0.15, 0.2) is 75.4 Å². The smallest absolute Gasteiger partial charge is 0.277 e. The van der Waals surface area contributed by atoms with Gasteiger partial charge in [0.25, 0.3) is 5.56 Å². The van der Waals surface area contributed by atoms with Crippen LogP contribution in [0.2, 0.25) is 0 Å². The van der Waals surface area contributed by atoms with Crippen molar-refractivity contribution in [2.24, 2.45) is 0 Å². The summed E-state index contributed by atoms with van der Waals surface area (Å²) in [5, 5.41) is 10.8. The molecule has 1 aliphatic rings. The number of aromatic nitrogens is 3. The number of benzene rings is 2. The largest absolute Gasteiger partial charge is 0.492 e. The molecule has 196 valence electrons. The Balaban J connectivity index is 1.62. The summed E-state index contributed by atoms with van der Waals surface area (Å²) in [6.07, 6.45) is 4.83. The molecule has 0 aliphatic heterocycles. The molecule has 0 radical (unpaired) electrons. The highest BCUT2D eigenvalue weighted by Crippen LogP contribution is 2.36. The molecular formula is C29H28FN3O4S. The summed E-state index contributed by atoms with van der Waals surface area (Å²) in [5.74, 6) is -1.01. The van der Waals surface area contributed by atoms with E-state index >= 15 is 0 Å². The fourth-order valence-electron chi connectivity index (χ4n) is 5.18. The minimum absolute atomic E-state index is 0.150. The van der Waals surface area contributed by atoms with Crippen molar-refractivity contribution in [1.82, 2.24) is 14.5 Å². The van der Waals surface area contributed by atoms with E-state index in [0.29, 0.717) is 35.4 Å². The van der Waals surface area contributed by atoms with E-state index in [9.17, 15) is 22.7 Å². The highest BCUT2D eigenvalue weighted by molar-refractivity contribution is 7.91. The monoisotopic (exact) mass is 533 g/mol. The van der Waals surface area contributed by atoms with Crippen LogP contribution in [-0.2, 0) is 22.7 Å². The van der Waals surface area contributed by atoms with Gasteiger partial charge in [0.2, 0.25) is 21.7 Å². The first-order valence-electron chi connectivity index (χ1n) is 12.6. The van der Waals surface area contributed by atoms with Gasteiger partial charge in [-0.25, -0.2) is 13.4 Å². The van der Waals surface area contributed by atoms with Crippen LogP contribution in [0.4, 0.5) is 4.39 Å². The quantitative estimate of drug-likeness (QED) is 0.329. The molecule has 9 heteroatoms. The number of aromatic hydroxyl groups is 1. The standard InChI is InChI=1S/C29H28FN3O4S/c1-3-4-9-26-32-28(34)27(29(35)33(26)24-15-12-19-7-5-6-8-22(19)24)38(36,37)21-13-10-20(11-14-21)23-17-31-25(30)16-18(23)2/h5-8,10-11,13-14,16-17,24,34H,3-4,9,12,15H2,1-2H3/t24-/m0/s1. The zero-order valence-corrected chi connectivity index (χ0v) is 22.0. The van der Waals surface area contributed by atoms with Crippen LogP contribution in [0, 0.1) is 12.9 Å². The average Bonchev–Trinajstić information content (AvgIpc) is 3.31. The maximum absolute atomic E-state index is 13.9. The Labute approximate surface area is 220 Å². The molecule has 0 saturated carbocycles. The van der Waals surface area contributed by atoms with Crippen molar-refractivity contribution in [2.45, 2.75) is 61.8 Å². The van der Waals surface area contributed by atoms with Crippen molar-refractivity contribution in [3.8, 4) is 17.0 Å². The van der Waals surface area contributed by atoms with Crippen molar-refractivity contribution in [1.29, 1.82) is 0 Å². The van der Waals surface area contributed by atoms with Crippen LogP contribution >= 0.6 is 0 Å². The minimum Gasteiger partial charge on any atom is -0.492 e. The van der Waals surface area contributed by atoms with Gasteiger partial charge in [0.15, 0.2) is 4.90 Å². The molecule has 4 aromatic rings. The first-order valence-corrected chi connectivity index (χ1v) is 14.1. The molecule has 2 heterocycles. The number of aryl methyl sites for hydroxylation is 3. The molecule has 1 N–H and O–H groups in total. The number of sulfone groups is 1. The molecule has 0 bridgehead atoms. The van der Waals surface area contributed by atoms with E-state index < -0.39 is 32.1 Å². The third kappa shape index (κ3) is 4.51. The topological polar surface area (TPSA) is 102 Å². The number of nitrogens with zero attached hydrogens (tertiary/aromatic N) is 3. The number of pyridine rings is 1. The van der Waals surface area contributed by atoms with E-state index in [0.717, 1.165) is 30.4 Å². The fraction of sp³-hybridized carbons (Fsp3) is 0.276. The molecule has 1 atom stereocenters. The Bertz CT molecular complexity index is 1680. The van der Waals surface area contributed by atoms with Crippen LogP contribution in [-0.4, -0.2) is 28.1 Å². The van der Waals surface area contributed by atoms with Crippen molar-refractivity contribution in [3.63, 3.8) is 0 Å². The number of fused-ring (bicyclic) bond motifs is 1. The normalized spacial score (nSPS) is 15.0. The number of unbranched alkanes of at least 4 members (excludes halogenated alkanes) is 1. The Kier molecular flexibility index (Phi) is 6.88. The second-order valence-corrected chi connectivity index (χ2v) is 11.4. The Hall–Kier alpha value is -3.85. The van der Waals surface area contributed by atoms with E-state index in [1.165, 1.54) is 29.0 Å². The van der Waals surface area contributed by atoms with Crippen LogP contribution in [0.25, 0.3) is 11.1 Å². The Morgan fingerprint density at radius 3 is 2.58 bits per heavy atom. The maximum Gasteiger partial charge on any atom is 0.277 e. The summed E-state index contributed by atoms with van der Waals surface area (Å²) in [5.41, 5.74) is 3.26. The predicted molar refractivity (Wildman–Crippen MR) is 141 cm³/mol. The Morgan fingerprint density at radius 2 is 1.87 bits per heavy atom. The van der Waals surface area contributed by atoms with E-state index in [1.807, 2.05) is 31.2 Å². The van der Waals surface area contributed by atoms with Crippen molar-refractivity contribution in [3.05, 3.63) is 99.6 Å². The van der Waals surface area contributed by atoms with Crippen molar-refractivity contribution >= 4 is 9.84 Å². The van der Waals surface area contributed by atoms with Gasteiger partial charge in [-0.1, -0.05) is 49.7 Å². The number of hydrogen-bond acceptors (Lipinski definition) is 6. The lowest BCUT2D eigenvalue weighted by Gasteiger charge is -2.21. The summed E-state index contributed by atoms with van der Waals surface area (Å²) in [6, 6.07) is 14.6. The third-order valence-corrected chi connectivity index (χ3v) is 8.91. The lowest BCUT2D eigenvalue weighted by Crippen LogP contribution is -2.33. The number of hydrogen-bond donors (Lipinski definition) is 1. The first-order chi connectivity index (χ1) is 18.2. The van der Waals surface area contributed by atoms with Crippen LogP contribution < -0.4 is 5.56 Å². The molecule has 7 nitrogen and oxygen atoms in total. The molecule has 2 aromatic heterocycles. The van der Waals surface area contributed by atoms with Gasteiger partial charge < -0.3 is 5.11 Å². The lowest BCUT2D eigenvalue weighted by atomic mass is 10.0. The summed E-state index contributed by atoms with van der Waals surface area (Å²) < 4.78 is 42.3. The van der Waals surface area contributed by atoms with Crippen LogP contribution in [0.5, 0.6) is 5.88 Å². The molecule has 0 fully saturated rings. The second-order valence-electron chi connectivity index (χ2n) is 9.56. The predicted octanol–water partition coefficient (Wildman–Crippen LogP) is 5.17. The first kappa shape index (κ1) is 25.8. The Morgan fingerprint density at radius 1 is 1.13 bits per heavy atom. The van der Waals surface area contributed by atoms with E-state index in [1.54, 1.807) is 19.1 Å². The number of rotatable bonds is 7. The molecular weight excluding hydrogens is 505 g/mol. The van der Waals surface area contributed by atoms with Gasteiger partial charge in [-0.3, -0.25) is 9.36 Å². The van der Waals surface area contributed by atoms with Crippen molar-refractivity contribution in [2.75, 3.05) is 0 Å². The van der Waals surface area contributed by atoms with Gasteiger partial charge >= 0.3 is 0 Å². The summed E-state index contributed by atoms with van der Waals surface area (Å²) in [4.78, 5) is 21.0. The van der Waals surface area contributed by atoms with Crippen LogP contribution in [0.3, 0.4) is 0 Å². The van der Waals surface area contributed by atoms with Gasteiger partial charge in [-0.2, -0.15) is 9.37 Å². The maximum atomic E-state index is 13.9.